The summed E-state index contributed by atoms with van der Waals surface area (Å²) in [5, 5.41) is 59.2. The minimum atomic E-state index is -2.16. The number of carbonyl (C=O) groups excluding carboxylic acids is 5. The summed E-state index contributed by atoms with van der Waals surface area (Å²) in [6.07, 6.45) is 0.0401. The van der Waals surface area contributed by atoms with E-state index in [9.17, 15) is 44.9 Å². The zero-order valence-corrected chi connectivity index (χ0v) is 45.3. The van der Waals surface area contributed by atoms with Crippen LogP contribution in [-0.2, 0) is 61.8 Å². The SMILES string of the molecule is COC(=O)NC1C(C)OC(O[C@H]2C/C=C(\C)[C@@H]3C=C[C@@H]4[C@@H](OC5CC(OC6CCC(O)C(C)O6)C(OC(C)=O)C(C)O5)[C@@H](C)C[C@H](C)[C@H]4[C@]3(C)C(O)=C3C(=O)O[C@]4(CC(C=O)=C[C@H](O)[C@H]4/C=C\2C)C3=O)CC1(C)N(O)O. The summed E-state index contributed by atoms with van der Waals surface area (Å²) in [5.41, 5.74) is -4.45. The number of alkyl carbamates (subject to hydrolysis) is 1. The molecule has 0 radical (unpaired) electrons. The van der Waals surface area contributed by atoms with Crippen molar-refractivity contribution in [3.63, 3.8) is 0 Å². The summed E-state index contributed by atoms with van der Waals surface area (Å²) in [5.74, 6) is -6.07. The van der Waals surface area contributed by atoms with E-state index in [0.717, 1.165) is 5.57 Å². The fraction of sp³-hybridized carbons (Fsp3) is 0.727. The lowest BCUT2D eigenvalue weighted by molar-refractivity contribution is -0.390. The molecule has 1 spiro atoms. The first-order valence-electron chi connectivity index (χ1n) is 26.7. The average Bonchev–Trinajstić information content (AvgIpc) is 3.75. The molecule has 8 aliphatic rings. The molecule has 4 heterocycles. The number of carbonyl (C=O) groups is 5. The van der Waals surface area contributed by atoms with Crippen LogP contribution in [0.2, 0.25) is 0 Å². The molecule has 8 rings (SSSR count). The largest absolute Gasteiger partial charge is 0.511 e. The van der Waals surface area contributed by atoms with Crippen molar-refractivity contribution >= 4 is 30.1 Å². The number of aliphatic hydroxyl groups is 3. The predicted octanol–water partition coefficient (Wildman–Crippen LogP) is 5.37. The number of aldehydes is 1. The van der Waals surface area contributed by atoms with Gasteiger partial charge in [-0.1, -0.05) is 55.9 Å². The molecule has 76 heavy (non-hydrogen) atoms. The third kappa shape index (κ3) is 10.6. The van der Waals surface area contributed by atoms with E-state index in [1.165, 1.54) is 27.0 Å². The van der Waals surface area contributed by atoms with Crippen LogP contribution in [0, 0.1) is 40.9 Å². The second-order valence-corrected chi connectivity index (χ2v) is 23.0. The monoisotopic (exact) mass is 1070 g/mol. The highest BCUT2D eigenvalue weighted by molar-refractivity contribution is 6.26. The number of ketones is 1. The van der Waals surface area contributed by atoms with E-state index in [1.807, 2.05) is 26.0 Å². The topological polar surface area (TPSA) is 285 Å². The third-order valence-electron chi connectivity index (χ3n) is 17.9. The first kappa shape index (κ1) is 57.8. The van der Waals surface area contributed by atoms with Gasteiger partial charge in [0, 0.05) is 49.9 Å². The van der Waals surface area contributed by atoms with Crippen LogP contribution in [0.15, 0.2) is 58.4 Å². The Labute approximate surface area is 443 Å². The summed E-state index contributed by atoms with van der Waals surface area (Å²) in [7, 11) is 1.18. The normalized spacial score (nSPS) is 46.2. The van der Waals surface area contributed by atoms with Crippen LogP contribution in [0.3, 0.4) is 0 Å². The third-order valence-corrected chi connectivity index (χ3v) is 17.9. The molecule has 21 heteroatoms. The molecule has 4 aliphatic carbocycles. The number of hydroxylamine groups is 2. The van der Waals surface area contributed by atoms with E-state index in [4.69, 9.17) is 42.6 Å². The van der Waals surface area contributed by atoms with Gasteiger partial charge in [-0.15, -0.1) is 0 Å². The van der Waals surface area contributed by atoms with Gasteiger partial charge in [0.05, 0.1) is 67.3 Å². The molecule has 0 aromatic rings. The van der Waals surface area contributed by atoms with Gasteiger partial charge in [0.2, 0.25) is 5.78 Å². The van der Waals surface area contributed by atoms with Gasteiger partial charge in [0.15, 0.2) is 30.6 Å². The van der Waals surface area contributed by atoms with E-state index >= 15 is 4.79 Å². The van der Waals surface area contributed by atoms with Crippen molar-refractivity contribution in [3.8, 4) is 0 Å². The predicted molar refractivity (Wildman–Crippen MR) is 265 cm³/mol. The Bertz CT molecular complexity index is 2400. The Balaban J connectivity index is 1.19. The molecule has 1 saturated carbocycles. The van der Waals surface area contributed by atoms with Gasteiger partial charge in [-0.05, 0) is 95.8 Å². The van der Waals surface area contributed by atoms with Gasteiger partial charge in [0.1, 0.15) is 23.7 Å². The van der Waals surface area contributed by atoms with E-state index in [-0.39, 0.29) is 41.9 Å². The summed E-state index contributed by atoms with van der Waals surface area (Å²) >= 11 is 0. The van der Waals surface area contributed by atoms with Crippen molar-refractivity contribution in [1.29, 1.82) is 0 Å². The second-order valence-electron chi connectivity index (χ2n) is 23.0. The maximum absolute atomic E-state index is 15.4. The standard InChI is InChI=1S/C55H78N2O19/c1-25-12-16-39(73-43-23-53(9,57(66)67)48(31(7)71-43)56-52(65)68-11)26(2)19-36-38(61)20-33(24-58)22-55(36)50(63)44(51(64)76-55)49(62)54(10)35(25)14-13-34-45(54)27(3)18-28(4)46(34)75-42-21-40(47(30(6)70-42)72-32(8)59)74-41-17-15-37(60)29(5)69-41/h12-14,19-20,24,27-31,34-43,45-48,60-62,66-67H,15-18,21-23H2,1-11H3,(H,56,65)/b25-12+,26-19-,49-44?/t27-,28-,29?,30?,31?,34-,35-,36+,37?,38-,39-,40?,41?,42?,43?,45+,46-,47?,48?,53?,54+,55-/m0/s1. The van der Waals surface area contributed by atoms with Crippen molar-refractivity contribution in [3.05, 3.63) is 58.4 Å². The molecule has 2 bridgehead atoms. The lowest BCUT2D eigenvalue weighted by Crippen LogP contribution is -2.68. The Morgan fingerprint density at radius 2 is 1.55 bits per heavy atom. The molecule has 6 N–H and O–H groups in total. The Kier molecular flexibility index (Phi) is 17.0. The second kappa shape index (κ2) is 22.4. The van der Waals surface area contributed by atoms with Crippen molar-refractivity contribution in [2.75, 3.05) is 7.11 Å². The number of hydrogen-bond acceptors (Lipinski definition) is 20. The van der Waals surface area contributed by atoms with Gasteiger partial charge >= 0.3 is 18.0 Å². The number of Topliss-reactive ketones (excluding diaryl/α,β-unsaturated/α-hetero) is 1. The molecule has 21 nitrogen and oxygen atoms in total. The molecule has 1 amide bonds. The molecule has 22 atom stereocenters. The fourth-order valence-corrected chi connectivity index (χ4v) is 14.0. The molecule has 5 fully saturated rings. The van der Waals surface area contributed by atoms with Crippen LogP contribution in [-0.4, -0.2) is 159 Å². The highest BCUT2D eigenvalue weighted by Gasteiger charge is 2.65. The van der Waals surface area contributed by atoms with Gasteiger partial charge < -0.3 is 63.3 Å². The maximum atomic E-state index is 15.4. The molecule has 0 aromatic heterocycles. The van der Waals surface area contributed by atoms with Gasteiger partial charge in [-0.3, -0.25) is 24.8 Å². The van der Waals surface area contributed by atoms with Crippen molar-refractivity contribution in [1.82, 2.24) is 10.5 Å². The Morgan fingerprint density at radius 3 is 2.21 bits per heavy atom. The highest BCUT2D eigenvalue weighted by Crippen LogP contribution is 2.61. The first-order chi connectivity index (χ1) is 35.8. The summed E-state index contributed by atoms with van der Waals surface area (Å²) < 4.78 is 55.8. The average molecular weight is 1070 g/mol. The molecule has 422 valence electrons. The van der Waals surface area contributed by atoms with E-state index in [1.54, 1.807) is 33.8 Å². The van der Waals surface area contributed by atoms with Crippen molar-refractivity contribution in [2.45, 2.75) is 205 Å². The fourth-order valence-electron chi connectivity index (χ4n) is 14.0. The molecular weight excluding hydrogens is 993 g/mol. The van der Waals surface area contributed by atoms with Gasteiger partial charge in [-0.25, -0.2) is 9.59 Å². The zero-order valence-electron chi connectivity index (χ0n) is 45.3. The number of nitrogens with one attached hydrogen (secondary N) is 1. The number of allylic oxidation sites excluding steroid dienone is 3. The zero-order chi connectivity index (χ0) is 55.5. The van der Waals surface area contributed by atoms with Crippen LogP contribution in [0.5, 0.6) is 0 Å². The minimum absolute atomic E-state index is 0.0126. The van der Waals surface area contributed by atoms with Crippen LogP contribution >= 0.6 is 0 Å². The quantitative estimate of drug-likeness (QED) is 0.0400. The minimum Gasteiger partial charge on any atom is -0.511 e. The summed E-state index contributed by atoms with van der Waals surface area (Å²) in [6, 6.07) is -0.983. The number of fused-ring (bicyclic) bond motifs is 4. The van der Waals surface area contributed by atoms with Crippen LogP contribution in [0.25, 0.3) is 0 Å². The van der Waals surface area contributed by atoms with E-state index in [0.29, 0.717) is 31.1 Å². The first-order valence-corrected chi connectivity index (χ1v) is 26.7. The molecular formula is C55H78N2O19. The van der Waals surface area contributed by atoms with Crippen molar-refractivity contribution < 1.29 is 92.3 Å². The van der Waals surface area contributed by atoms with E-state index in [2.05, 4.69) is 25.2 Å². The Morgan fingerprint density at radius 1 is 0.855 bits per heavy atom. The van der Waals surface area contributed by atoms with Crippen molar-refractivity contribution in [2.24, 2.45) is 40.9 Å². The lowest BCUT2D eigenvalue weighted by Gasteiger charge is -2.56. The summed E-state index contributed by atoms with van der Waals surface area (Å²) in [4.78, 5) is 67.3. The molecule has 4 aliphatic heterocycles. The van der Waals surface area contributed by atoms with Gasteiger partial charge in [-0.2, -0.15) is 0 Å². The number of hydrogen-bond donors (Lipinski definition) is 6. The number of methoxy groups -OCH3 is 1. The number of ether oxygens (including phenoxy) is 9. The lowest BCUT2D eigenvalue weighted by atomic mass is 9.49. The van der Waals surface area contributed by atoms with Crippen LogP contribution < -0.4 is 5.32 Å². The Hall–Kier alpha value is -4.39. The number of rotatable bonds is 10. The number of aliphatic hydroxyl groups excluding tert-OH is 3. The van der Waals surface area contributed by atoms with Crippen LogP contribution in [0.1, 0.15) is 114 Å². The van der Waals surface area contributed by atoms with Gasteiger partial charge in [0.25, 0.3) is 0 Å². The number of nitrogens with zero attached hydrogens (tertiary/aromatic N) is 1. The maximum Gasteiger partial charge on any atom is 0.407 e. The molecule has 0 aromatic carbocycles. The molecule has 11 unspecified atom stereocenters. The number of esters is 2. The van der Waals surface area contributed by atoms with Crippen LogP contribution in [0.4, 0.5) is 4.79 Å². The molecule has 4 saturated heterocycles. The summed E-state index contributed by atoms with van der Waals surface area (Å²) in [6.45, 7) is 17.6. The van der Waals surface area contributed by atoms with E-state index < -0.39 is 162 Å². The number of amides is 1. The highest BCUT2D eigenvalue weighted by atomic mass is 16.8. The smallest absolute Gasteiger partial charge is 0.407 e.